The minimum Gasteiger partial charge on any atom is -0.352 e. The van der Waals surface area contributed by atoms with Gasteiger partial charge >= 0.3 is 0 Å². The van der Waals surface area contributed by atoms with E-state index in [0.29, 0.717) is 12.3 Å². The van der Waals surface area contributed by atoms with Crippen molar-refractivity contribution in [3.05, 3.63) is 56.7 Å². The molecule has 4 nitrogen and oxygen atoms in total. The van der Waals surface area contributed by atoms with Crippen LogP contribution in [0.15, 0.2) is 29.6 Å². The summed E-state index contributed by atoms with van der Waals surface area (Å²) in [5.41, 5.74) is 2.05. The molecule has 0 saturated heterocycles. The molecule has 0 fully saturated rings. The maximum atomic E-state index is 12.9. The van der Waals surface area contributed by atoms with Gasteiger partial charge in [0, 0.05) is 17.7 Å². The van der Waals surface area contributed by atoms with Gasteiger partial charge in [-0.15, -0.1) is 21.5 Å². The van der Waals surface area contributed by atoms with Crippen LogP contribution in [0, 0.1) is 5.82 Å². The van der Waals surface area contributed by atoms with E-state index in [9.17, 15) is 4.39 Å². The highest BCUT2D eigenvalue weighted by molar-refractivity contribution is 7.15. The van der Waals surface area contributed by atoms with Gasteiger partial charge in [0.2, 0.25) is 5.13 Å². The Balaban J connectivity index is 1.63. The van der Waals surface area contributed by atoms with Crippen molar-refractivity contribution in [1.29, 1.82) is 0 Å². The quantitative estimate of drug-likeness (QED) is 0.669. The van der Waals surface area contributed by atoms with E-state index in [2.05, 4.69) is 46.6 Å². The molecule has 1 N–H and O–H groups in total. The van der Waals surface area contributed by atoms with Gasteiger partial charge in [-0.1, -0.05) is 37.3 Å². The number of halogens is 1. The van der Waals surface area contributed by atoms with Crippen LogP contribution in [0.3, 0.4) is 0 Å². The lowest BCUT2D eigenvalue weighted by molar-refractivity contribution is 0.627. The molecule has 0 radical (unpaired) electrons. The van der Waals surface area contributed by atoms with Crippen LogP contribution < -0.4 is 5.32 Å². The third-order valence-electron chi connectivity index (χ3n) is 3.55. The molecule has 2 aromatic heterocycles. The number of hydrogen-bond donors (Lipinski definition) is 1. The summed E-state index contributed by atoms with van der Waals surface area (Å²) in [6.45, 7) is 6.36. The van der Waals surface area contributed by atoms with E-state index in [-0.39, 0.29) is 11.9 Å². The number of anilines is 1. The number of nitrogens with zero attached hydrogens (tertiary/aromatic N) is 3. The molecule has 0 aliphatic carbocycles. The van der Waals surface area contributed by atoms with Crippen molar-refractivity contribution in [1.82, 2.24) is 15.2 Å². The molecule has 1 unspecified atom stereocenters. The molecule has 0 amide bonds. The first-order valence-corrected chi connectivity index (χ1v) is 9.49. The third kappa shape index (κ3) is 4.15. The average molecular weight is 362 g/mol. The molecular weight excluding hydrogens is 343 g/mol. The molecule has 1 aromatic carbocycles. The third-order valence-corrected chi connectivity index (χ3v) is 5.57. The Labute approximate surface area is 148 Å². The van der Waals surface area contributed by atoms with Crippen LogP contribution in [0.1, 0.15) is 54.0 Å². The second-order valence-corrected chi connectivity index (χ2v) is 7.89. The summed E-state index contributed by atoms with van der Waals surface area (Å²) in [5.74, 6) is 0.219. The Morgan fingerprint density at radius 3 is 2.54 bits per heavy atom. The molecule has 0 aliphatic heterocycles. The normalized spacial score (nSPS) is 12.5. The van der Waals surface area contributed by atoms with E-state index < -0.39 is 0 Å². The van der Waals surface area contributed by atoms with Gasteiger partial charge < -0.3 is 5.32 Å². The predicted molar refractivity (Wildman–Crippen MR) is 97.4 cm³/mol. The second-order valence-electron chi connectivity index (χ2n) is 5.94. The maximum Gasteiger partial charge on any atom is 0.206 e. The average Bonchev–Trinajstić information content (AvgIpc) is 3.19. The molecule has 0 bridgehead atoms. The molecule has 2 heterocycles. The van der Waals surface area contributed by atoms with Gasteiger partial charge in [0.1, 0.15) is 10.8 Å². The molecule has 0 spiro atoms. The highest BCUT2D eigenvalue weighted by atomic mass is 32.1. The van der Waals surface area contributed by atoms with E-state index >= 15 is 0 Å². The van der Waals surface area contributed by atoms with Crippen LogP contribution in [-0.4, -0.2) is 15.2 Å². The second kappa shape index (κ2) is 7.36. The highest BCUT2D eigenvalue weighted by Crippen LogP contribution is 2.26. The maximum absolute atomic E-state index is 12.9. The van der Waals surface area contributed by atoms with Crippen LogP contribution in [0.4, 0.5) is 9.52 Å². The van der Waals surface area contributed by atoms with Gasteiger partial charge in [-0.05, 0) is 24.6 Å². The number of aromatic nitrogens is 3. The molecule has 24 heavy (non-hydrogen) atoms. The van der Waals surface area contributed by atoms with Gasteiger partial charge in [0.05, 0.1) is 16.7 Å². The number of nitrogens with one attached hydrogen (secondary N) is 1. The van der Waals surface area contributed by atoms with Gasteiger partial charge in [-0.25, -0.2) is 9.37 Å². The molecule has 1 atom stereocenters. The van der Waals surface area contributed by atoms with Crippen molar-refractivity contribution in [2.75, 3.05) is 5.32 Å². The van der Waals surface area contributed by atoms with Crippen molar-refractivity contribution >= 4 is 27.8 Å². The zero-order valence-electron chi connectivity index (χ0n) is 13.8. The molecular formula is C17H19FN4S2. The summed E-state index contributed by atoms with van der Waals surface area (Å²) >= 11 is 3.21. The molecule has 7 heteroatoms. The van der Waals surface area contributed by atoms with Gasteiger partial charge in [0.25, 0.3) is 0 Å². The van der Waals surface area contributed by atoms with Crippen molar-refractivity contribution in [3.63, 3.8) is 0 Å². The summed E-state index contributed by atoms with van der Waals surface area (Å²) in [6.07, 6.45) is 0.655. The van der Waals surface area contributed by atoms with Crippen LogP contribution in [0.25, 0.3) is 0 Å². The lowest BCUT2D eigenvalue weighted by atomic mass is 10.2. The van der Waals surface area contributed by atoms with Crippen LogP contribution in [-0.2, 0) is 6.42 Å². The molecule has 3 rings (SSSR count). The Kier molecular flexibility index (Phi) is 5.20. The van der Waals surface area contributed by atoms with E-state index in [1.165, 1.54) is 23.5 Å². The zero-order valence-corrected chi connectivity index (χ0v) is 15.4. The fourth-order valence-corrected chi connectivity index (χ4v) is 3.97. The molecule has 3 aromatic rings. The Morgan fingerprint density at radius 2 is 1.88 bits per heavy atom. The standard InChI is InChI=1S/C17H19FN4S2/c1-10(2)16-20-14(9-23-16)11(3)19-17-22-21-15(24-17)8-12-4-6-13(18)7-5-12/h4-7,9-11H,8H2,1-3H3,(H,19,22). The topological polar surface area (TPSA) is 50.7 Å². The summed E-state index contributed by atoms with van der Waals surface area (Å²) in [6, 6.07) is 6.56. The fourth-order valence-electron chi connectivity index (χ4n) is 2.18. The van der Waals surface area contributed by atoms with E-state index in [4.69, 9.17) is 0 Å². The predicted octanol–water partition coefficient (Wildman–Crippen LogP) is 5.02. The van der Waals surface area contributed by atoms with Crippen LogP contribution >= 0.6 is 22.7 Å². The van der Waals surface area contributed by atoms with Gasteiger partial charge in [-0.2, -0.15) is 0 Å². The Hall–Kier alpha value is -1.86. The SMILES string of the molecule is CC(C)c1nc(C(C)Nc2nnc(Cc3ccc(F)cc3)s2)cs1. The van der Waals surface area contributed by atoms with E-state index in [0.717, 1.165) is 26.4 Å². The fraction of sp³-hybridized carbons (Fsp3) is 0.353. The van der Waals surface area contributed by atoms with E-state index in [1.807, 2.05) is 0 Å². The lowest BCUT2D eigenvalue weighted by Crippen LogP contribution is -2.07. The summed E-state index contributed by atoms with van der Waals surface area (Å²) < 4.78 is 12.9. The van der Waals surface area contributed by atoms with Crippen molar-refractivity contribution in [2.45, 2.75) is 39.2 Å². The smallest absolute Gasteiger partial charge is 0.206 e. The Bertz CT molecular complexity index is 795. The molecule has 0 saturated carbocycles. The number of hydrogen-bond acceptors (Lipinski definition) is 6. The number of thiazole rings is 1. The summed E-state index contributed by atoms with van der Waals surface area (Å²) in [4.78, 5) is 4.67. The zero-order chi connectivity index (χ0) is 17.1. The first kappa shape index (κ1) is 17.0. The first-order chi connectivity index (χ1) is 11.5. The minimum absolute atomic E-state index is 0.0837. The monoisotopic (exact) mass is 362 g/mol. The first-order valence-electron chi connectivity index (χ1n) is 7.80. The molecule has 0 aliphatic rings. The summed E-state index contributed by atoms with van der Waals surface area (Å²) in [5, 5.41) is 16.7. The summed E-state index contributed by atoms with van der Waals surface area (Å²) in [7, 11) is 0. The van der Waals surface area contributed by atoms with Crippen LogP contribution in [0.5, 0.6) is 0 Å². The largest absolute Gasteiger partial charge is 0.352 e. The molecule has 126 valence electrons. The van der Waals surface area contributed by atoms with Gasteiger partial charge in [0.15, 0.2) is 0 Å². The minimum atomic E-state index is -0.226. The highest BCUT2D eigenvalue weighted by Gasteiger charge is 2.14. The Morgan fingerprint density at radius 1 is 1.12 bits per heavy atom. The van der Waals surface area contributed by atoms with Crippen LogP contribution in [0.2, 0.25) is 0 Å². The number of benzene rings is 1. The van der Waals surface area contributed by atoms with Crippen molar-refractivity contribution in [2.24, 2.45) is 0 Å². The van der Waals surface area contributed by atoms with Gasteiger partial charge in [-0.3, -0.25) is 0 Å². The van der Waals surface area contributed by atoms with Crippen molar-refractivity contribution in [3.8, 4) is 0 Å². The number of rotatable bonds is 6. The lowest BCUT2D eigenvalue weighted by Gasteiger charge is -2.09. The van der Waals surface area contributed by atoms with Crippen molar-refractivity contribution < 1.29 is 4.39 Å². The van der Waals surface area contributed by atoms with E-state index in [1.54, 1.807) is 23.5 Å².